The molecule has 1 heterocycles. The molecule has 0 radical (unpaired) electrons. The largest absolute Gasteiger partial charge is 0.329 e. The molecular weight excluding hydrogens is 265 g/mol. The summed E-state index contributed by atoms with van der Waals surface area (Å²) >= 11 is 0. The van der Waals surface area contributed by atoms with Crippen LogP contribution in [0.4, 0.5) is 15.9 Å². The minimum absolute atomic E-state index is 0.219. The summed E-state index contributed by atoms with van der Waals surface area (Å²) in [6.45, 7) is 5.25. The van der Waals surface area contributed by atoms with E-state index in [-0.39, 0.29) is 11.9 Å². The smallest absolute Gasteiger partial charge is 0.137 e. The topological polar surface area (TPSA) is 28.2 Å². The van der Waals surface area contributed by atoms with Crippen molar-refractivity contribution >= 4 is 11.5 Å². The van der Waals surface area contributed by atoms with Crippen molar-refractivity contribution in [3.05, 3.63) is 54.0 Å². The molecule has 2 aromatic rings. The summed E-state index contributed by atoms with van der Waals surface area (Å²) in [6, 6.07) is 10.7. The van der Waals surface area contributed by atoms with Gasteiger partial charge in [0.2, 0.25) is 0 Å². The molecule has 0 spiro atoms. The number of rotatable bonds is 6. The number of benzene rings is 1. The third-order valence-corrected chi connectivity index (χ3v) is 3.52. The van der Waals surface area contributed by atoms with Crippen LogP contribution in [0, 0.1) is 5.82 Å². The molecule has 1 unspecified atom stereocenters. The van der Waals surface area contributed by atoms with Gasteiger partial charge in [-0.15, -0.1) is 0 Å². The molecule has 0 bridgehead atoms. The Morgan fingerprint density at radius 1 is 1.24 bits per heavy atom. The van der Waals surface area contributed by atoms with Crippen LogP contribution in [0.3, 0.4) is 0 Å². The molecule has 1 N–H and O–H groups in total. The Hall–Kier alpha value is -1.94. The lowest BCUT2D eigenvalue weighted by Gasteiger charge is -2.24. The van der Waals surface area contributed by atoms with Crippen LogP contribution < -0.4 is 10.2 Å². The second-order valence-electron chi connectivity index (χ2n) is 5.13. The van der Waals surface area contributed by atoms with E-state index in [2.05, 4.69) is 30.2 Å². The highest BCUT2D eigenvalue weighted by Crippen LogP contribution is 2.28. The summed E-state index contributed by atoms with van der Waals surface area (Å²) in [5.74, 6) is 0.659. The van der Waals surface area contributed by atoms with Gasteiger partial charge in [-0.3, -0.25) is 0 Å². The Balaban J connectivity index is 2.28. The van der Waals surface area contributed by atoms with Crippen molar-refractivity contribution in [2.24, 2.45) is 0 Å². The lowest BCUT2D eigenvalue weighted by Crippen LogP contribution is -2.22. The highest BCUT2D eigenvalue weighted by molar-refractivity contribution is 5.62. The van der Waals surface area contributed by atoms with Crippen LogP contribution in [-0.4, -0.2) is 18.6 Å². The summed E-state index contributed by atoms with van der Waals surface area (Å²) in [4.78, 5) is 6.48. The molecule has 0 saturated carbocycles. The highest BCUT2D eigenvalue weighted by Gasteiger charge is 2.15. The predicted molar refractivity (Wildman–Crippen MR) is 85.4 cm³/mol. The van der Waals surface area contributed by atoms with Crippen LogP contribution in [-0.2, 0) is 0 Å². The molecule has 0 aliphatic rings. The van der Waals surface area contributed by atoms with E-state index < -0.39 is 0 Å². The van der Waals surface area contributed by atoms with Gasteiger partial charge in [0.05, 0.1) is 0 Å². The Bertz CT molecular complexity index is 569. The number of pyridine rings is 1. The van der Waals surface area contributed by atoms with E-state index in [0.717, 1.165) is 30.0 Å². The molecule has 1 atom stereocenters. The molecule has 21 heavy (non-hydrogen) atoms. The van der Waals surface area contributed by atoms with Crippen LogP contribution in [0.5, 0.6) is 0 Å². The molecule has 4 heteroatoms. The van der Waals surface area contributed by atoms with Crippen LogP contribution in [0.1, 0.15) is 31.9 Å². The maximum Gasteiger partial charge on any atom is 0.137 e. The second-order valence-corrected chi connectivity index (χ2v) is 5.13. The average Bonchev–Trinajstić information content (AvgIpc) is 2.52. The first-order valence-electron chi connectivity index (χ1n) is 7.31. The fraction of sp³-hybridized carbons (Fsp3) is 0.353. The van der Waals surface area contributed by atoms with Crippen molar-refractivity contribution in [1.29, 1.82) is 0 Å². The fourth-order valence-electron chi connectivity index (χ4n) is 2.29. The number of aromatic nitrogens is 1. The van der Waals surface area contributed by atoms with Crippen molar-refractivity contribution in [3.63, 3.8) is 0 Å². The van der Waals surface area contributed by atoms with E-state index in [1.54, 1.807) is 18.3 Å². The van der Waals surface area contributed by atoms with E-state index in [9.17, 15) is 4.39 Å². The Labute approximate surface area is 125 Å². The van der Waals surface area contributed by atoms with Crippen LogP contribution in [0.2, 0.25) is 0 Å². The van der Waals surface area contributed by atoms with Gasteiger partial charge in [0.25, 0.3) is 0 Å². The molecule has 0 aliphatic heterocycles. The van der Waals surface area contributed by atoms with Crippen molar-refractivity contribution < 1.29 is 4.39 Å². The third kappa shape index (κ3) is 3.79. The van der Waals surface area contributed by atoms with E-state index in [1.165, 1.54) is 12.1 Å². The molecule has 2 rings (SSSR count). The lowest BCUT2D eigenvalue weighted by atomic mass is 10.1. The Morgan fingerprint density at radius 2 is 1.95 bits per heavy atom. The monoisotopic (exact) mass is 287 g/mol. The summed E-state index contributed by atoms with van der Waals surface area (Å²) < 4.78 is 13.1. The van der Waals surface area contributed by atoms with Gasteiger partial charge < -0.3 is 10.2 Å². The van der Waals surface area contributed by atoms with Gasteiger partial charge in [0.15, 0.2) is 0 Å². The van der Waals surface area contributed by atoms with E-state index in [0.29, 0.717) is 0 Å². The zero-order valence-corrected chi connectivity index (χ0v) is 12.8. The normalized spacial score (nSPS) is 12.2. The number of hydrogen-bond acceptors (Lipinski definition) is 3. The zero-order valence-electron chi connectivity index (χ0n) is 12.8. The maximum absolute atomic E-state index is 13.1. The van der Waals surface area contributed by atoms with Crippen LogP contribution >= 0.6 is 0 Å². The quantitative estimate of drug-likeness (QED) is 0.868. The second kappa shape index (κ2) is 7.18. The summed E-state index contributed by atoms with van der Waals surface area (Å²) in [5.41, 5.74) is 2.05. The van der Waals surface area contributed by atoms with Crippen molar-refractivity contribution in [3.8, 4) is 0 Å². The van der Waals surface area contributed by atoms with Gasteiger partial charge in [-0.2, -0.15) is 0 Å². The molecular formula is C17H22FN3. The SMILES string of the molecule is CCCNC(C)c1cccnc1N(C)c1ccc(F)cc1. The van der Waals surface area contributed by atoms with Crippen molar-refractivity contribution in [2.45, 2.75) is 26.3 Å². The molecule has 1 aromatic carbocycles. The van der Waals surface area contributed by atoms with Crippen LogP contribution in [0.25, 0.3) is 0 Å². The summed E-state index contributed by atoms with van der Waals surface area (Å²) in [7, 11) is 1.95. The molecule has 0 aliphatic carbocycles. The molecule has 0 saturated heterocycles. The first-order chi connectivity index (χ1) is 10.1. The van der Waals surface area contributed by atoms with Gasteiger partial charge in [0, 0.05) is 30.5 Å². The van der Waals surface area contributed by atoms with E-state index in [1.807, 2.05) is 18.0 Å². The third-order valence-electron chi connectivity index (χ3n) is 3.52. The number of halogens is 1. The lowest BCUT2D eigenvalue weighted by molar-refractivity contribution is 0.569. The van der Waals surface area contributed by atoms with Gasteiger partial charge in [-0.05, 0) is 50.2 Å². The molecule has 112 valence electrons. The first kappa shape index (κ1) is 15.4. The standard InChI is InChI=1S/C17H22FN3/c1-4-11-19-13(2)16-6-5-12-20-17(16)21(3)15-9-7-14(18)8-10-15/h5-10,12-13,19H,4,11H2,1-3H3. The number of hydrogen-bond donors (Lipinski definition) is 1. The minimum Gasteiger partial charge on any atom is -0.329 e. The van der Waals surface area contributed by atoms with Crippen molar-refractivity contribution in [2.75, 3.05) is 18.5 Å². The molecule has 0 fully saturated rings. The summed E-state index contributed by atoms with van der Waals surface area (Å²) in [5, 5.41) is 3.48. The number of anilines is 2. The number of nitrogens with zero attached hydrogens (tertiary/aromatic N) is 2. The fourth-order valence-corrected chi connectivity index (χ4v) is 2.29. The van der Waals surface area contributed by atoms with Gasteiger partial charge in [-0.25, -0.2) is 9.37 Å². The van der Waals surface area contributed by atoms with Gasteiger partial charge in [-0.1, -0.05) is 13.0 Å². The maximum atomic E-state index is 13.1. The Morgan fingerprint density at radius 3 is 2.62 bits per heavy atom. The minimum atomic E-state index is -0.230. The molecule has 1 aromatic heterocycles. The average molecular weight is 287 g/mol. The zero-order chi connectivity index (χ0) is 15.2. The van der Waals surface area contributed by atoms with Crippen molar-refractivity contribution in [1.82, 2.24) is 10.3 Å². The summed E-state index contributed by atoms with van der Waals surface area (Å²) in [6.07, 6.45) is 2.87. The molecule has 3 nitrogen and oxygen atoms in total. The van der Waals surface area contributed by atoms with Gasteiger partial charge >= 0.3 is 0 Å². The van der Waals surface area contributed by atoms with Crippen LogP contribution in [0.15, 0.2) is 42.6 Å². The van der Waals surface area contributed by atoms with E-state index in [4.69, 9.17) is 0 Å². The Kier molecular flexibility index (Phi) is 5.28. The molecule has 0 amide bonds. The number of nitrogens with one attached hydrogen (secondary N) is 1. The highest BCUT2D eigenvalue weighted by atomic mass is 19.1. The predicted octanol–water partition coefficient (Wildman–Crippen LogP) is 4.05. The first-order valence-corrected chi connectivity index (χ1v) is 7.31. The van der Waals surface area contributed by atoms with Gasteiger partial charge in [0.1, 0.15) is 11.6 Å². The van der Waals surface area contributed by atoms with E-state index >= 15 is 0 Å².